The monoisotopic (exact) mass is 255 g/mol. The first-order valence-electron chi connectivity index (χ1n) is 5.02. The summed E-state index contributed by atoms with van der Waals surface area (Å²) < 4.78 is 9.32. The van der Waals surface area contributed by atoms with Crippen molar-refractivity contribution in [3.05, 3.63) is 0 Å². The number of hydrogen-bond donors (Lipinski definition) is 4. The summed E-state index contributed by atoms with van der Waals surface area (Å²) in [6.45, 7) is -0.696. The van der Waals surface area contributed by atoms with Gasteiger partial charge in [-0.3, -0.25) is 4.57 Å². The zero-order valence-electron chi connectivity index (χ0n) is 8.50. The molecule has 15 heavy (non-hydrogen) atoms. The molecule has 7 heteroatoms. The van der Waals surface area contributed by atoms with E-state index in [0.29, 0.717) is 0 Å². The summed E-state index contributed by atoms with van der Waals surface area (Å²) >= 11 is 1.04. The van der Waals surface area contributed by atoms with Crippen molar-refractivity contribution in [2.24, 2.45) is 5.73 Å². The predicted molar refractivity (Wildman–Crippen MR) is 60.5 cm³/mol. The fraction of sp³-hybridized carbons (Fsp3) is 1.00. The summed E-state index contributed by atoms with van der Waals surface area (Å²) in [6, 6.07) is 0. The van der Waals surface area contributed by atoms with Gasteiger partial charge in [-0.05, 0) is 12.8 Å². The molecule has 0 amide bonds. The fourth-order valence-electron chi connectivity index (χ4n) is 1.67. The Bertz CT molecular complexity index is 253. The smallest absolute Gasteiger partial charge is 0.357 e. The molecule has 1 unspecified atom stereocenters. The second-order valence-corrected chi connectivity index (χ2v) is 7.74. The molecule has 1 saturated carbocycles. The molecule has 0 aromatic carbocycles. The lowest BCUT2D eigenvalue weighted by Gasteiger charge is -2.32. The van der Waals surface area contributed by atoms with Gasteiger partial charge in [0.05, 0.1) is 6.61 Å². The number of hydrogen-bond acceptors (Lipinski definition) is 4. The van der Waals surface area contributed by atoms with Crippen LogP contribution in [0.1, 0.15) is 32.1 Å². The molecule has 90 valence electrons. The zero-order chi connectivity index (χ0) is 11.5. The Morgan fingerprint density at radius 2 is 1.87 bits per heavy atom. The summed E-state index contributed by atoms with van der Waals surface area (Å²) in [6.07, 6.45) is 5.15. The van der Waals surface area contributed by atoms with Gasteiger partial charge in [0.25, 0.3) is 0 Å². The number of aliphatic hydroxyl groups is 1. The summed E-state index contributed by atoms with van der Waals surface area (Å²) in [5.74, 6) is 0. The topological polar surface area (TPSA) is 104 Å². The van der Waals surface area contributed by atoms with E-state index in [-0.39, 0.29) is 5.25 Å². The molecule has 5 N–H and O–H groups in total. The summed E-state index contributed by atoms with van der Waals surface area (Å²) in [7, 11) is -4.46. The average Bonchev–Trinajstić information content (AvgIpc) is 2.17. The minimum atomic E-state index is -4.46. The second-order valence-electron chi connectivity index (χ2n) is 3.92. The van der Waals surface area contributed by atoms with E-state index >= 15 is 0 Å². The Hall–Kier alpha value is 0.420. The lowest BCUT2D eigenvalue weighted by atomic mass is 10.0. The van der Waals surface area contributed by atoms with E-state index in [1.54, 1.807) is 0 Å². The second kappa shape index (κ2) is 5.17. The van der Waals surface area contributed by atoms with Gasteiger partial charge in [-0.25, -0.2) is 0 Å². The van der Waals surface area contributed by atoms with E-state index in [1.807, 2.05) is 0 Å². The minimum absolute atomic E-state index is 0.156. The van der Waals surface area contributed by atoms with Crippen molar-refractivity contribution >= 4 is 19.4 Å². The maximum absolute atomic E-state index is 11.1. The Morgan fingerprint density at radius 3 is 2.27 bits per heavy atom. The van der Waals surface area contributed by atoms with Crippen molar-refractivity contribution in [2.45, 2.75) is 42.0 Å². The van der Waals surface area contributed by atoms with Crippen LogP contribution in [0.3, 0.4) is 0 Å². The lowest BCUT2D eigenvalue weighted by molar-refractivity contribution is 0.254. The highest BCUT2D eigenvalue weighted by Crippen LogP contribution is 2.55. The van der Waals surface area contributed by atoms with Crippen molar-refractivity contribution in [3.8, 4) is 0 Å². The van der Waals surface area contributed by atoms with Crippen molar-refractivity contribution in [1.82, 2.24) is 0 Å². The van der Waals surface area contributed by atoms with E-state index in [1.165, 1.54) is 6.42 Å². The van der Waals surface area contributed by atoms with Gasteiger partial charge in [0.2, 0.25) is 0 Å². The molecule has 0 bridgehead atoms. The van der Waals surface area contributed by atoms with Crippen LogP contribution in [0.15, 0.2) is 0 Å². The molecule has 0 aromatic rings. The largest absolute Gasteiger partial charge is 0.393 e. The van der Waals surface area contributed by atoms with Crippen LogP contribution in [-0.4, -0.2) is 31.4 Å². The molecular weight excluding hydrogens is 237 g/mol. The highest BCUT2D eigenvalue weighted by atomic mass is 32.2. The molecule has 0 aliphatic heterocycles. The Kier molecular flexibility index (Phi) is 4.64. The highest BCUT2D eigenvalue weighted by molar-refractivity contribution is 8.06. The maximum atomic E-state index is 11.1. The average molecular weight is 255 g/mol. The third kappa shape index (κ3) is 3.44. The molecule has 1 rings (SSSR count). The van der Waals surface area contributed by atoms with E-state index in [9.17, 15) is 4.57 Å². The van der Waals surface area contributed by atoms with Crippen molar-refractivity contribution < 1.29 is 19.5 Å². The summed E-state index contributed by atoms with van der Waals surface area (Å²) in [5, 5.41) is 9.17. The number of nitrogens with two attached hydrogens (primary N) is 1. The third-order valence-corrected chi connectivity index (χ3v) is 6.14. The third-order valence-electron chi connectivity index (χ3n) is 2.64. The first-order chi connectivity index (χ1) is 6.89. The number of aliphatic hydroxyl groups excluding tert-OH is 1. The van der Waals surface area contributed by atoms with Gasteiger partial charge < -0.3 is 20.6 Å². The Morgan fingerprint density at radius 1 is 1.33 bits per heavy atom. The van der Waals surface area contributed by atoms with Crippen molar-refractivity contribution in [1.29, 1.82) is 0 Å². The minimum Gasteiger partial charge on any atom is -0.393 e. The normalized spacial score (nSPS) is 23.7. The number of rotatable bonds is 4. The van der Waals surface area contributed by atoms with Gasteiger partial charge in [-0.1, -0.05) is 19.3 Å². The molecule has 1 atom stereocenters. The molecule has 5 nitrogen and oxygen atoms in total. The lowest BCUT2D eigenvalue weighted by Crippen LogP contribution is -2.41. The van der Waals surface area contributed by atoms with Crippen LogP contribution in [0.25, 0.3) is 0 Å². The van der Waals surface area contributed by atoms with Gasteiger partial charge >= 0.3 is 7.60 Å². The first kappa shape index (κ1) is 13.5. The standard InChI is InChI=1S/C8H18NO4PS/c9-8(6-10,14(11,12)13)15-7-4-2-1-3-5-7/h7,10H,1-6,9H2,(H2,11,12,13). The van der Waals surface area contributed by atoms with Crippen LogP contribution in [0.2, 0.25) is 0 Å². The van der Waals surface area contributed by atoms with Gasteiger partial charge in [-0.15, -0.1) is 11.8 Å². The molecule has 0 radical (unpaired) electrons. The molecule has 1 aliphatic carbocycles. The van der Waals surface area contributed by atoms with Crippen molar-refractivity contribution in [3.63, 3.8) is 0 Å². The molecule has 0 saturated heterocycles. The summed E-state index contributed by atoms with van der Waals surface area (Å²) in [5.41, 5.74) is 5.56. The van der Waals surface area contributed by atoms with Crippen LogP contribution in [-0.2, 0) is 4.57 Å². The van der Waals surface area contributed by atoms with Crippen LogP contribution < -0.4 is 5.73 Å². The van der Waals surface area contributed by atoms with Gasteiger partial charge in [0, 0.05) is 5.25 Å². The van der Waals surface area contributed by atoms with E-state index in [2.05, 4.69) is 0 Å². The van der Waals surface area contributed by atoms with Crippen LogP contribution in [0.5, 0.6) is 0 Å². The fourth-order valence-corrected chi connectivity index (χ4v) is 4.07. The Balaban J connectivity index is 2.63. The van der Waals surface area contributed by atoms with Crippen LogP contribution in [0.4, 0.5) is 0 Å². The van der Waals surface area contributed by atoms with Gasteiger partial charge in [-0.2, -0.15) is 0 Å². The molecule has 1 aliphatic rings. The molecule has 1 fully saturated rings. The summed E-state index contributed by atoms with van der Waals surface area (Å²) in [4.78, 5) is 18.1. The molecule has 0 aromatic heterocycles. The Labute approximate surface area is 93.6 Å². The van der Waals surface area contributed by atoms with Crippen LogP contribution >= 0.6 is 19.4 Å². The van der Waals surface area contributed by atoms with E-state index in [4.69, 9.17) is 20.6 Å². The molecule has 0 spiro atoms. The maximum Gasteiger partial charge on any atom is 0.357 e. The highest BCUT2D eigenvalue weighted by Gasteiger charge is 2.45. The van der Waals surface area contributed by atoms with Gasteiger partial charge in [0.15, 0.2) is 4.61 Å². The number of thioether (sulfide) groups is 1. The molecule has 0 heterocycles. The van der Waals surface area contributed by atoms with Crippen molar-refractivity contribution in [2.75, 3.05) is 6.61 Å². The SMILES string of the molecule is NC(CO)(SC1CCCCC1)P(=O)(O)O. The van der Waals surface area contributed by atoms with E-state index < -0.39 is 18.8 Å². The zero-order valence-corrected chi connectivity index (χ0v) is 10.2. The quantitative estimate of drug-likeness (QED) is 0.438. The predicted octanol–water partition coefficient (Wildman–Crippen LogP) is 0.835. The first-order valence-corrected chi connectivity index (χ1v) is 7.51. The van der Waals surface area contributed by atoms with E-state index in [0.717, 1.165) is 37.4 Å². The molecular formula is C8H18NO4PS. The van der Waals surface area contributed by atoms with Crippen LogP contribution in [0, 0.1) is 0 Å². The van der Waals surface area contributed by atoms with Gasteiger partial charge in [0.1, 0.15) is 0 Å².